The van der Waals surface area contributed by atoms with Crippen molar-refractivity contribution in [1.29, 1.82) is 0 Å². The molecule has 3 aromatic rings. The SMILES string of the molecule is CC(C)c1cc([C@H]2CCCN(C(=O)CCn3cccn3)C2)cc2[nH]c(C(=O)N(C)C3CC3)cc12. The van der Waals surface area contributed by atoms with Crippen molar-refractivity contribution in [3.8, 4) is 0 Å². The molecule has 7 nitrogen and oxygen atoms in total. The highest BCUT2D eigenvalue weighted by molar-refractivity contribution is 5.99. The molecule has 1 atom stereocenters. The fourth-order valence-corrected chi connectivity index (χ4v) is 5.21. The Morgan fingerprint density at radius 3 is 2.74 bits per heavy atom. The number of benzene rings is 1. The molecule has 34 heavy (non-hydrogen) atoms. The largest absolute Gasteiger partial charge is 0.351 e. The van der Waals surface area contributed by atoms with Crippen molar-refractivity contribution in [3.63, 3.8) is 0 Å². The summed E-state index contributed by atoms with van der Waals surface area (Å²) >= 11 is 0. The van der Waals surface area contributed by atoms with Crippen LogP contribution in [0.4, 0.5) is 0 Å². The van der Waals surface area contributed by atoms with E-state index in [9.17, 15) is 9.59 Å². The number of amides is 2. The van der Waals surface area contributed by atoms with Gasteiger partial charge in [-0.3, -0.25) is 14.3 Å². The second kappa shape index (κ2) is 9.28. The Balaban J connectivity index is 1.36. The summed E-state index contributed by atoms with van der Waals surface area (Å²) in [6.07, 6.45) is 8.39. The van der Waals surface area contributed by atoms with Gasteiger partial charge >= 0.3 is 0 Å². The Bertz CT molecular complexity index is 1180. The fraction of sp³-hybridized carbons (Fsp3) is 0.519. The number of hydrogen-bond donors (Lipinski definition) is 1. The molecule has 180 valence electrons. The number of rotatable bonds is 7. The van der Waals surface area contributed by atoms with Crippen LogP contribution in [0.1, 0.15) is 79.4 Å². The summed E-state index contributed by atoms with van der Waals surface area (Å²) < 4.78 is 1.81. The average Bonchev–Trinajstić information content (AvgIpc) is 3.38. The van der Waals surface area contributed by atoms with Gasteiger partial charge in [-0.05, 0) is 60.9 Å². The van der Waals surface area contributed by atoms with Crippen LogP contribution in [0.25, 0.3) is 10.9 Å². The van der Waals surface area contributed by atoms with Gasteiger partial charge in [0.15, 0.2) is 0 Å². The molecule has 1 saturated carbocycles. The molecular formula is C27H35N5O2. The lowest BCUT2D eigenvalue weighted by Gasteiger charge is -2.33. The van der Waals surface area contributed by atoms with E-state index in [0.29, 0.717) is 36.5 Å². The summed E-state index contributed by atoms with van der Waals surface area (Å²) in [5, 5.41) is 5.34. The lowest BCUT2D eigenvalue weighted by Crippen LogP contribution is -2.39. The quantitative estimate of drug-likeness (QED) is 0.562. The van der Waals surface area contributed by atoms with Crippen LogP contribution in [0.15, 0.2) is 36.7 Å². The van der Waals surface area contributed by atoms with Crippen molar-refractivity contribution in [2.75, 3.05) is 20.1 Å². The molecule has 2 fully saturated rings. The Labute approximate surface area is 201 Å². The highest BCUT2D eigenvalue weighted by Crippen LogP contribution is 2.35. The maximum Gasteiger partial charge on any atom is 0.270 e. The van der Waals surface area contributed by atoms with Gasteiger partial charge in [-0.25, -0.2) is 0 Å². The average molecular weight is 462 g/mol. The number of likely N-dealkylation sites (tertiary alicyclic amines) is 1. The lowest BCUT2D eigenvalue weighted by atomic mass is 9.86. The first kappa shape index (κ1) is 22.7. The number of nitrogens with zero attached hydrogens (tertiary/aromatic N) is 4. The molecule has 0 bridgehead atoms. The zero-order valence-corrected chi connectivity index (χ0v) is 20.5. The monoisotopic (exact) mass is 461 g/mol. The van der Waals surface area contributed by atoms with E-state index < -0.39 is 0 Å². The van der Waals surface area contributed by atoms with Gasteiger partial charge in [-0.2, -0.15) is 5.10 Å². The molecular weight excluding hydrogens is 426 g/mol. The Morgan fingerprint density at radius 1 is 1.21 bits per heavy atom. The summed E-state index contributed by atoms with van der Waals surface area (Å²) in [6, 6.07) is 8.81. The lowest BCUT2D eigenvalue weighted by molar-refractivity contribution is -0.132. The van der Waals surface area contributed by atoms with Crippen LogP contribution in [0, 0.1) is 0 Å². The first-order chi connectivity index (χ1) is 16.4. The van der Waals surface area contributed by atoms with Gasteiger partial charge in [0.25, 0.3) is 5.91 Å². The van der Waals surface area contributed by atoms with Crippen molar-refractivity contribution >= 4 is 22.7 Å². The Hall–Kier alpha value is -3.09. The van der Waals surface area contributed by atoms with Gasteiger partial charge in [0.2, 0.25) is 5.91 Å². The van der Waals surface area contributed by atoms with Crippen LogP contribution in [0.2, 0.25) is 0 Å². The number of aryl methyl sites for hydroxylation is 1. The number of H-pyrrole nitrogens is 1. The minimum absolute atomic E-state index is 0.0709. The highest BCUT2D eigenvalue weighted by atomic mass is 16.2. The number of hydrogen-bond acceptors (Lipinski definition) is 3. The van der Waals surface area contributed by atoms with Crippen molar-refractivity contribution in [1.82, 2.24) is 24.6 Å². The van der Waals surface area contributed by atoms with E-state index in [-0.39, 0.29) is 11.8 Å². The summed E-state index contributed by atoms with van der Waals surface area (Å²) in [4.78, 5) is 33.2. The third kappa shape index (κ3) is 4.61. The topological polar surface area (TPSA) is 74.2 Å². The van der Waals surface area contributed by atoms with Crippen LogP contribution in [-0.4, -0.2) is 62.6 Å². The van der Waals surface area contributed by atoms with E-state index in [1.165, 1.54) is 11.1 Å². The smallest absolute Gasteiger partial charge is 0.270 e. The first-order valence-electron chi connectivity index (χ1n) is 12.6. The maximum absolute atomic E-state index is 13.0. The molecule has 7 heteroatoms. The van der Waals surface area contributed by atoms with E-state index in [1.807, 2.05) is 39.9 Å². The van der Waals surface area contributed by atoms with E-state index in [2.05, 4.69) is 36.1 Å². The zero-order chi connectivity index (χ0) is 23.8. The number of nitrogens with one attached hydrogen (secondary N) is 1. The van der Waals surface area contributed by atoms with Gasteiger partial charge in [0.1, 0.15) is 5.69 Å². The summed E-state index contributed by atoms with van der Waals surface area (Å²) in [6.45, 7) is 6.59. The van der Waals surface area contributed by atoms with E-state index >= 15 is 0 Å². The number of carbonyl (C=O) groups is 2. The van der Waals surface area contributed by atoms with Crippen LogP contribution in [0.5, 0.6) is 0 Å². The molecule has 3 heterocycles. The van der Waals surface area contributed by atoms with Crippen molar-refractivity contribution in [2.24, 2.45) is 0 Å². The minimum Gasteiger partial charge on any atom is -0.351 e. The maximum atomic E-state index is 13.0. The first-order valence-corrected chi connectivity index (χ1v) is 12.6. The normalized spacial score (nSPS) is 18.6. The van der Waals surface area contributed by atoms with Crippen molar-refractivity contribution in [2.45, 2.75) is 70.4 Å². The number of fused-ring (bicyclic) bond motifs is 1. The molecule has 0 radical (unpaired) electrons. The molecule has 0 spiro atoms. The van der Waals surface area contributed by atoms with Crippen molar-refractivity contribution < 1.29 is 9.59 Å². The van der Waals surface area contributed by atoms with Crippen LogP contribution < -0.4 is 0 Å². The fourth-order valence-electron chi connectivity index (χ4n) is 5.21. The summed E-state index contributed by atoms with van der Waals surface area (Å²) in [5.41, 5.74) is 4.22. The van der Waals surface area contributed by atoms with Gasteiger partial charge in [0.05, 0.1) is 0 Å². The van der Waals surface area contributed by atoms with E-state index in [4.69, 9.17) is 0 Å². The predicted molar refractivity (Wildman–Crippen MR) is 133 cm³/mol. The third-order valence-corrected chi connectivity index (χ3v) is 7.42. The summed E-state index contributed by atoms with van der Waals surface area (Å²) in [5.74, 6) is 0.918. The molecule has 1 aliphatic carbocycles. The molecule has 2 aromatic heterocycles. The predicted octanol–water partition coefficient (Wildman–Crippen LogP) is 4.52. The molecule has 1 aromatic carbocycles. The molecule has 2 amide bonds. The highest BCUT2D eigenvalue weighted by Gasteiger charge is 2.31. The number of carbonyl (C=O) groups excluding carboxylic acids is 2. The number of aromatic amines is 1. The van der Waals surface area contributed by atoms with E-state index in [0.717, 1.165) is 49.7 Å². The molecule has 1 N–H and O–H groups in total. The number of piperidine rings is 1. The second-order valence-electron chi connectivity index (χ2n) is 10.3. The van der Waals surface area contributed by atoms with Crippen LogP contribution in [-0.2, 0) is 11.3 Å². The second-order valence-corrected chi connectivity index (χ2v) is 10.3. The van der Waals surface area contributed by atoms with E-state index in [1.54, 1.807) is 6.20 Å². The standard InChI is InChI=1S/C27H35N5O2/c1-18(2)22-14-20(15-24-23(22)16-25(29-24)27(34)30(3)21-7-8-21)19-6-4-11-31(17-19)26(33)9-13-32-12-5-10-28-32/h5,10,12,14-16,18-19,21,29H,4,6-9,11,13,17H2,1-3H3/t19-/m0/s1. The Kier molecular flexibility index (Phi) is 6.19. The molecule has 1 saturated heterocycles. The van der Waals surface area contributed by atoms with Crippen LogP contribution in [0.3, 0.4) is 0 Å². The third-order valence-electron chi connectivity index (χ3n) is 7.42. The molecule has 2 aliphatic rings. The molecule has 5 rings (SSSR count). The molecule has 0 unspecified atom stereocenters. The summed E-state index contributed by atoms with van der Waals surface area (Å²) in [7, 11) is 1.90. The van der Waals surface area contributed by atoms with Crippen molar-refractivity contribution in [3.05, 3.63) is 53.5 Å². The van der Waals surface area contributed by atoms with Gasteiger partial charge in [-0.1, -0.05) is 19.9 Å². The number of aromatic nitrogens is 3. The zero-order valence-electron chi connectivity index (χ0n) is 20.5. The van der Waals surface area contributed by atoms with Gasteiger partial charge in [0, 0.05) is 68.4 Å². The van der Waals surface area contributed by atoms with Crippen LogP contribution >= 0.6 is 0 Å². The minimum atomic E-state index is 0.0709. The van der Waals surface area contributed by atoms with Gasteiger partial charge < -0.3 is 14.8 Å². The Morgan fingerprint density at radius 2 is 2.03 bits per heavy atom. The molecule has 1 aliphatic heterocycles. The van der Waals surface area contributed by atoms with Gasteiger partial charge in [-0.15, -0.1) is 0 Å².